The lowest BCUT2D eigenvalue weighted by atomic mass is 9.74. The third-order valence-electron chi connectivity index (χ3n) is 4.70. The van der Waals surface area contributed by atoms with Crippen LogP contribution in [0, 0.1) is 19.8 Å². The van der Waals surface area contributed by atoms with E-state index in [9.17, 15) is 0 Å². The lowest BCUT2D eigenvalue weighted by Gasteiger charge is -2.31. The average Bonchev–Trinajstić information content (AvgIpc) is 2.37. The molecule has 1 atom stereocenters. The topological polar surface area (TPSA) is 0 Å². The highest BCUT2D eigenvalue weighted by Gasteiger charge is 2.24. The van der Waals surface area contributed by atoms with Crippen LogP contribution in [0.5, 0.6) is 0 Å². The van der Waals surface area contributed by atoms with Gasteiger partial charge in [-0.3, -0.25) is 0 Å². The first-order chi connectivity index (χ1) is 8.24. The fourth-order valence-electron chi connectivity index (χ4n) is 3.52. The Hall–Kier alpha value is -0.780. The molecule has 0 amide bonds. The minimum Gasteiger partial charge on any atom is -0.0648 e. The van der Waals surface area contributed by atoms with Gasteiger partial charge in [0.15, 0.2) is 0 Å². The molecule has 1 aliphatic rings. The van der Waals surface area contributed by atoms with Crippen molar-refractivity contribution < 1.29 is 0 Å². The van der Waals surface area contributed by atoms with Crippen molar-refractivity contribution in [3.63, 3.8) is 0 Å². The van der Waals surface area contributed by atoms with E-state index in [2.05, 4.69) is 39.0 Å². The molecule has 0 heterocycles. The van der Waals surface area contributed by atoms with Gasteiger partial charge in [0.1, 0.15) is 0 Å². The van der Waals surface area contributed by atoms with E-state index in [0.29, 0.717) is 0 Å². The zero-order chi connectivity index (χ0) is 12.3. The molecule has 94 valence electrons. The van der Waals surface area contributed by atoms with E-state index in [0.717, 1.165) is 11.8 Å². The molecule has 1 unspecified atom stereocenters. The number of hydrogen-bond acceptors (Lipinski definition) is 0. The van der Waals surface area contributed by atoms with Crippen molar-refractivity contribution in [1.82, 2.24) is 0 Å². The van der Waals surface area contributed by atoms with Crippen LogP contribution in [0.2, 0.25) is 0 Å². The summed E-state index contributed by atoms with van der Waals surface area (Å²) in [4.78, 5) is 0. The van der Waals surface area contributed by atoms with Crippen LogP contribution in [0.1, 0.15) is 68.1 Å². The molecule has 0 N–H and O–H groups in total. The van der Waals surface area contributed by atoms with E-state index in [1.807, 2.05) is 0 Å². The van der Waals surface area contributed by atoms with Gasteiger partial charge in [0, 0.05) is 0 Å². The monoisotopic (exact) mass is 230 g/mol. The van der Waals surface area contributed by atoms with Gasteiger partial charge in [-0.2, -0.15) is 0 Å². The van der Waals surface area contributed by atoms with E-state index in [-0.39, 0.29) is 0 Å². The molecule has 0 spiro atoms. The first-order valence-corrected chi connectivity index (χ1v) is 7.30. The third kappa shape index (κ3) is 2.73. The summed E-state index contributed by atoms with van der Waals surface area (Å²) in [6.07, 6.45) is 8.56. The maximum Gasteiger partial charge on any atom is -0.0134 e. The van der Waals surface area contributed by atoms with Gasteiger partial charge in [-0.25, -0.2) is 0 Å². The second-order valence-corrected chi connectivity index (χ2v) is 5.70. The first kappa shape index (κ1) is 12.7. The van der Waals surface area contributed by atoms with Gasteiger partial charge in [-0.15, -0.1) is 0 Å². The number of benzene rings is 1. The molecule has 1 aliphatic carbocycles. The fourth-order valence-corrected chi connectivity index (χ4v) is 3.52. The predicted molar refractivity (Wildman–Crippen MR) is 75.5 cm³/mol. The van der Waals surface area contributed by atoms with Gasteiger partial charge >= 0.3 is 0 Å². The Morgan fingerprint density at radius 1 is 1.12 bits per heavy atom. The van der Waals surface area contributed by atoms with E-state index >= 15 is 0 Å². The van der Waals surface area contributed by atoms with Crippen molar-refractivity contribution in [3.8, 4) is 0 Å². The van der Waals surface area contributed by atoms with Gasteiger partial charge in [-0.1, -0.05) is 44.4 Å². The van der Waals surface area contributed by atoms with Crippen LogP contribution in [0.4, 0.5) is 0 Å². The van der Waals surface area contributed by atoms with Gasteiger partial charge in [0.25, 0.3) is 0 Å². The fraction of sp³-hybridized carbons (Fsp3) is 0.647. The molecule has 1 saturated carbocycles. The largest absolute Gasteiger partial charge is 0.0648 e. The van der Waals surface area contributed by atoms with Gasteiger partial charge in [0.2, 0.25) is 0 Å². The number of rotatable bonds is 3. The lowest BCUT2D eigenvalue weighted by molar-refractivity contribution is 0.298. The Kier molecular flexibility index (Phi) is 4.25. The summed E-state index contributed by atoms with van der Waals surface area (Å²) in [7, 11) is 0. The van der Waals surface area contributed by atoms with Crippen molar-refractivity contribution in [2.45, 2.75) is 65.2 Å². The van der Waals surface area contributed by atoms with E-state index < -0.39 is 0 Å². The third-order valence-corrected chi connectivity index (χ3v) is 4.70. The molecule has 0 radical (unpaired) electrons. The molecule has 0 aromatic heterocycles. The summed E-state index contributed by atoms with van der Waals surface area (Å²) in [5.41, 5.74) is 4.61. The minimum absolute atomic E-state index is 0.801. The Labute approximate surface area is 106 Å². The molecular weight excluding hydrogens is 204 g/mol. The molecule has 0 bridgehead atoms. The summed E-state index contributed by atoms with van der Waals surface area (Å²) in [6.45, 7) is 6.91. The molecule has 2 rings (SSSR count). The van der Waals surface area contributed by atoms with Crippen molar-refractivity contribution >= 4 is 0 Å². The zero-order valence-electron chi connectivity index (χ0n) is 11.6. The number of aryl methyl sites for hydroxylation is 1. The highest BCUT2D eigenvalue weighted by atomic mass is 14.3. The maximum atomic E-state index is 2.37. The van der Waals surface area contributed by atoms with Gasteiger partial charge in [0.05, 0.1) is 0 Å². The summed E-state index contributed by atoms with van der Waals surface area (Å²) in [6, 6.07) is 6.85. The smallest absolute Gasteiger partial charge is 0.0134 e. The molecule has 0 nitrogen and oxygen atoms in total. The van der Waals surface area contributed by atoms with Gasteiger partial charge < -0.3 is 0 Å². The van der Waals surface area contributed by atoms with Crippen LogP contribution in [-0.4, -0.2) is 0 Å². The highest BCUT2D eigenvalue weighted by Crippen LogP contribution is 2.39. The average molecular weight is 230 g/mol. The molecular formula is C17H26. The van der Waals surface area contributed by atoms with E-state index in [4.69, 9.17) is 0 Å². The molecule has 0 aliphatic heterocycles. The maximum absolute atomic E-state index is 2.37. The van der Waals surface area contributed by atoms with Crippen molar-refractivity contribution in [3.05, 3.63) is 34.9 Å². The second kappa shape index (κ2) is 5.71. The zero-order valence-corrected chi connectivity index (χ0v) is 11.6. The van der Waals surface area contributed by atoms with Crippen LogP contribution >= 0.6 is 0 Å². The molecule has 1 aromatic carbocycles. The Bertz CT molecular complexity index is 358. The predicted octanol–water partition coefficient (Wildman–Crippen LogP) is 5.38. The standard InChI is InChI=1S/C17H26/c1-4-16(15-10-6-5-7-11-15)17-12-8-9-13(2)14(17)3/h8-9,12,15-16H,4-7,10-11H2,1-3H3. The first-order valence-electron chi connectivity index (χ1n) is 7.30. The summed E-state index contributed by atoms with van der Waals surface area (Å²) >= 11 is 0. The number of hydrogen-bond donors (Lipinski definition) is 0. The molecule has 1 fully saturated rings. The van der Waals surface area contributed by atoms with Crippen LogP contribution in [0.3, 0.4) is 0 Å². The lowest BCUT2D eigenvalue weighted by Crippen LogP contribution is -2.17. The molecule has 0 heteroatoms. The highest BCUT2D eigenvalue weighted by molar-refractivity contribution is 5.36. The van der Waals surface area contributed by atoms with E-state index in [1.165, 1.54) is 49.7 Å². The van der Waals surface area contributed by atoms with Crippen LogP contribution in [-0.2, 0) is 0 Å². The van der Waals surface area contributed by atoms with Gasteiger partial charge in [-0.05, 0) is 61.6 Å². The SMILES string of the molecule is CCC(c1cccc(C)c1C)C1CCCCC1. The molecule has 1 aromatic rings. The van der Waals surface area contributed by atoms with Crippen molar-refractivity contribution in [1.29, 1.82) is 0 Å². The molecule has 0 saturated heterocycles. The van der Waals surface area contributed by atoms with Crippen LogP contribution in [0.15, 0.2) is 18.2 Å². The van der Waals surface area contributed by atoms with Crippen molar-refractivity contribution in [2.24, 2.45) is 5.92 Å². The quantitative estimate of drug-likeness (QED) is 0.654. The Morgan fingerprint density at radius 3 is 2.47 bits per heavy atom. The second-order valence-electron chi connectivity index (χ2n) is 5.70. The minimum atomic E-state index is 0.801. The Morgan fingerprint density at radius 2 is 1.82 bits per heavy atom. The van der Waals surface area contributed by atoms with Crippen molar-refractivity contribution in [2.75, 3.05) is 0 Å². The molecule has 17 heavy (non-hydrogen) atoms. The van der Waals surface area contributed by atoms with Crippen LogP contribution < -0.4 is 0 Å². The van der Waals surface area contributed by atoms with Crippen LogP contribution in [0.25, 0.3) is 0 Å². The normalized spacial score (nSPS) is 19.2. The summed E-state index contributed by atoms with van der Waals surface area (Å²) in [5.74, 6) is 1.74. The van der Waals surface area contributed by atoms with E-state index in [1.54, 1.807) is 5.56 Å². The summed E-state index contributed by atoms with van der Waals surface area (Å²) in [5, 5.41) is 0. The Balaban J connectivity index is 2.24. The summed E-state index contributed by atoms with van der Waals surface area (Å²) < 4.78 is 0.